The molecule has 0 spiro atoms. The fourth-order valence-electron chi connectivity index (χ4n) is 3.36. The summed E-state index contributed by atoms with van der Waals surface area (Å²) in [5, 5.41) is 8.07. The van der Waals surface area contributed by atoms with Crippen LogP contribution in [0.2, 0.25) is 0 Å². The maximum atomic E-state index is 14.2. The predicted octanol–water partition coefficient (Wildman–Crippen LogP) is 5.35. The van der Waals surface area contributed by atoms with Crippen LogP contribution in [0.25, 0.3) is 0 Å². The molecule has 3 aromatic rings. The van der Waals surface area contributed by atoms with E-state index in [1.165, 1.54) is 47.2 Å². The third-order valence-electron chi connectivity index (χ3n) is 4.98. The lowest BCUT2D eigenvalue weighted by Crippen LogP contribution is -2.37. The van der Waals surface area contributed by atoms with E-state index in [1.807, 2.05) is 13.8 Å². The molecule has 1 unspecified atom stereocenters. The van der Waals surface area contributed by atoms with Crippen molar-refractivity contribution in [1.82, 2.24) is 5.32 Å². The number of carbonyl (C=O) groups is 2. The van der Waals surface area contributed by atoms with Gasteiger partial charge in [-0.1, -0.05) is 23.8 Å². The molecule has 0 aliphatic carbocycles. The summed E-state index contributed by atoms with van der Waals surface area (Å²) in [6, 6.07) is 11.2. The summed E-state index contributed by atoms with van der Waals surface area (Å²) in [6.45, 7) is 7.66. The molecule has 162 valence electrons. The number of hydrogen-bond acceptors (Lipinski definition) is 3. The van der Waals surface area contributed by atoms with Gasteiger partial charge >= 0.3 is 6.03 Å². The van der Waals surface area contributed by atoms with Gasteiger partial charge in [0.25, 0.3) is 5.91 Å². The fraction of sp³-hybridized carbons (Fsp3) is 0.250. The van der Waals surface area contributed by atoms with Crippen molar-refractivity contribution in [3.63, 3.8) is 0 Å². The van der Waals surface area contributed by atoms with E-state index in [0.29, 0.717) is 23.4 Å². The molecule has 0 aliphatic rings. The molecule has 7 heteroatoms. The topological polar surface area (TPSA) is 83.4 Å². The maximum Gasteiger partial charge on any atom is 0.319 e. The molecule has 3 N–H and O–H groups in total. The Morgan fingerprint density at radius 1 is 1.03 bits per heavy atom. The number of anilines is 2. The van der Waals surface area contributed by atoms with Crippen molar-refractivity contribution in [1.29, 1.82) is 0 Å². The number of rotatable bonds is 6. The van der Waals surface area contributed by atoms with Crippen molar-refractivity contribution in [2.75, 3.05) is 10.6 Å². The smallest absolute Gasteiger partial charge is 0.319 e. The van der Waals surface area contributed by atoms with Crippen molar-refractivity contribution in [2.24, 2.45) is 0 Å². The van der Waals surface area contributed by atoms with E-state index in [0.717, 1.165) is 0 Å². The van der Waals surface area contributed by atoms with Crippen molar-refractivity contribution in [2.45, 2.75) is 40.2 Å². The molecule has 31 heavy (non-hydrogen) atoms. The third kappa shape index (κ3) is 5.72. The molecule has 0 radical (unpaired) electrons. The maximum absolute atomic E-state index is 14.2. The number of amides is 3. The zero-order valence-corrected chi connectivity index (χ0v) is 18.0. The van der Waals surface area contributed by atoms with Gasteiger partial charge in [0.05, 0.1) is 17.5 Å². The number of hydrogen-bond donors (Lipinski definition) is 3. The van der Waals surface area contributed by atoms with Gasteiger partial charge in [0.1, 0.15) is 11.6 Å². The second-order valence-electron chi connectivity index (χ2n) is 7.67. The normalized spacial score (nSPS) is 11.6. The first-order valence-electron chi connectivity index (χ1n) is 10.0. The summed E-state index contributed by atoms with van der Waals surface area (Å²) in [5.74, 6) is -0.665. The Morgan fingerprint density at radius 2 is 1.81 bits per heavy atom. The van der Waals surface area contributed by atoms with Crippen molar-refractivity contribution >= 4 is 23.3 Å². The lowest BCUT2D eigenvalue weighted by Gasteiger charge is -2.17. The molecule has 0 saturated carbocycles. The number of furan rings is 1. The first-order chi connectivity index (χ1) is 14.7. The summed E-state index contributed by atoms with van der Waals surface area (Å²) in [7, 11) is 0. The average Bonchev–Trinajstić information content (AvgIpc) is 3.12. The summed E-state index contributed by atoms with van der Waals surface area (Å²) >= 11 is 0. The fourth-order valence-corrected chi connectivity index (χ4v) is 3.36. The van der Waals surface area contributed by atoms with Crippen LogP contribution in [-0.2, 0) is 6.42 Å². The van der Waals surface area contributed by atoms with E-state index in [4.69, 9.17) is 4.42 Å². The number of aryl methyl sites for hydroxylation is 3. The molecular weight excluding hydrogens is 397 g/mol. The van der Waals surface area contributed by atoms with E-state index in [1.54, 1.807) is 6.92 Å². The van der Waals surface area contributed by atoms with Crippen LogP contribution in [0.1, 0.15) is 39.7 Å². The van der Waals surface area contributed by atoms with Crippen LogP contribution in [0.3, 0.4) is 0 Å². The van der Waals surface area contributed by atoms with Crippen molar-refractivity contribution in [3.05, 3.63) is 82.6 Å². The molecule has 2 aromatic carbocycles. The molecule has 1 aromatic heterocycles. The van der Waals surface area contributed by atoms with E-state index in [-0.39, 0.29) is 11.7 Å². The Morgan fingerprint density at radius 3 is 2.48 bits per heavy atom. The summed E-state index contributed by atoms with van der Waals surface area (Å²) in [4.78, 5) is 24.7. The van der Waals surface area contributed by atoms with Gasteiger partial charge in [-0.05, 0) is 69.5 Å². The molecule has 1 heterocycles. The number of benzene rings is 2. The molecule has 1 atom stereocenters. The molecule has 0 bridgehead atoms. The quantitative estimate of drug-likeness (QED) is 0.500. The van der Waals surface area contributed by atoms with Gasteiger partial charge in [-0.2, -0.15) is 0 Å². The minimum atomic E-state index is -0.608. The number of urea groups is 1. The van der Waals surface area contributed by atoms with Gasteiger partial charge in [0.2, 0.25) is 0 Å². The van der Waals surface area contributed by atoms with Gasteiger partial charge in [0.15, 0.2) is 0 Å². The molecule has 3 amide bonds. The molecule has 0 saturated heterocycles. The van der Waals surface area contributed by atoms with Crippen LogP contribution in [-0.4, -0.2) is 18.0 Å². The highest BCUT2D eigenvalue weighted by atomic mass is 19.1. The van der Waals surface area contributed by atoms with E-state index in [9.17, 15) is 14.0 Å². The Hall–Kier alpha value is -3.61. The van der Waals surface area contributed by atoms with E-state index in [2.05, 4.69) is 41.1 Å². The molecule has 0 fully saturated rings. The third-order valence-corrected chi connectivity index (χ3v) is 4.98. The molecular formula is C24H26FN3O3. The highest BCUT2D eigenvalue weighted by Crippen LogP contribution is 2.21. The Kier molecular flexibility index (Phi) is 6.74. The number of halogens is 1. The number of nitrogens with one attached hydrogen (secondary N) is 3. The average molecular weight is 423 g/mol. The van der Waals surface area contributed by atoms with Crippen LogP contribution in [0.4, 0.5) is 20.6 Å². The largest absolute Gasteiger partial charge is 0.469 e. The van der Waals surface area contributed by atoms with Gasteiger partial charge in [-0.25, -0.2) is 9.18 Å². The summed E-state index contributed by atoms with van der Waals surface area (Å²) in [5.41, 5.74) is 4.18. The highest BCUT2D eigenvalue weighted by Gasteiger charge is 2.15. The van der Waals surface area contributed by atoms with Crippen LogP contribution in [0, 0.1) is 26.6 Å². The van der Waals surface area contributed by atoms with E-state index >= 15 is 0 Å². The van der Waals surface area contributed by atoms with Crippen molar-refractivity contribution < 1.29 is 18.4 Å². The van der Waals surface area contributed by atoms with Gasteiger partial charge in [-0.15, -0.1) is 0 Å². The zero-order chi connectivity index (χ0) is 22.5. The number of carbonyl (C=O) groups excluding carboxylic acids is 2. The highest BCUT2D eigenvalue weighted by molar-refractivity contribution is 6.05. The first kappa shape index (κ1) is 22.1. The standard InChI is InChI=1S/C24H26FN3O3/c1-14-5-6-18(15(2)11-14)12-16(3)26-24(30)27-19-7-8-21(25)22(13-19)28-23(29)20-9-10-31-17(20)4/h5-11,13,16H,12H2,1-4H3,(H,28,29)(H2,26,27,30). The SMILES string of the molecule is Cc1ccc(CC(C)NC(=O)Nc2ccc(F)c(NC(=O)c3ccoc3C)c2)c(C)c1. The second-order valence-corrected chi connectivity index (χ2v) is 7.67. The molecule has 6 nitrogen and oxygen atoms in total. The van der Waals surface area contributed by atoms with Gasteiger partial charge in [-0.3, -0.25) is 4.79 Å². The molecule has 0 aliphatic heterocycles. The summed E-state index contributed by atoms with van der Waals surface area (Å²) < 4.78 is 19.3. The van der Waals surface area contributed by atoms with Crippen LogP contribution >= 0.6 is 0 Å². The Balaban J connectivity index is 1.61. The van der Waals surface area contributed by atoms with Crippen LogP contribution in [0.5, 0.6) is 0 Å². The van der Waals surface area contributed by atoms with E-state index < -0.39 is 17.8 Å². The Bertz CT molecular complexity index is 1110. The van der Waals surface area contributed by atoms with Crippen molar-refractivity contribution in [3.8, 4) is 0 Å². The minimum Gasteiger partial charge on any atom is -0.469 e. The van der Waals surface area contributed by atoms with Crippen LogP contribution < -0.4 is 16.0 Å². The second kappa shape index (κ2) is 9.47. The lowest BCUT2D eigenvalue weighted by molar-refractivity contribution is 0.102. The van der Waals surface area contributed by atoms with Gasteiger partial charge in [0, 0.05) is 11.7 Å². The predicted molar refractivity (Wildman–Crippen MR) is 119 cm³/mol. The van der Waals surface area contributed by atoms with Crippen LogP contribution in [0.15, 0.2) is 53.1 Å². The zero-order valence-electron chi connectivity index (χ0n) is 18.0. The van der Waals surface area contributed by atoms with Gasteiger partial charge < -0.3 is 20.4 Å². The monoisotopic (exact) mass is 423 g/mol. The summed E-state index contributed by atoms with van der Waals surface area (Å²) in [6.07, 6.45) is 2.08. The lowest BCUT2D eigenvalue weighted by atomic mass is 10.00. The first-order valence-corrected chi connectivity index (χ1v) is 10.0. The minimum absolute atomic E-state index is 0.0354. The molecule has 3 rings (SSSR count). The Labute approximate surface area is 180 Å².